The Morgan fingerprint density at radius 1 is 0.810 bits per heavy atom. The SMILES string of the molecule is CC(C)(C)CCN1CCN(CC2CN(C(C)(C)C)C2)CC1. The van der Waals surface area contributed by atoms with E-state index in [4.69, 9.17) is 0 Å². The highest BCUT2D eigenvalue weighted by molar-refractivity contribution is 4.90. The zero-order chi connectivity index (χ0) is 15.7. The van der Waals surface area contributed by atoms with E-state index in [1.54, 1.807) is 0 Å². The minimum Gasteiger partial charge on any atom is -0.301 e. The Bertz CT molecular complexity index is 312. The lowest BCUT2D eigenvalue weighted by Gasteiger charge is -2.49. The monoisotopic (exact) mass is 295 g/mol. The standard InChI is InChI=1S/C18H37N3/c1-17(2,3)7-8-19-9-11-20(12-10-19)13-16-14-21(15-16)18(4,5)6/h16H,7-15H2,1-6H3. The second-order valence-corrected chi connectivity index (χ2v) is 9.39. The molecule has 0 saturated carbocycles. The lowest BCUT2D eigenvalue weighted by molar-refractivity contribution is -0.00910. The summed E-state index contributed by atoms with van der Waals surface area (Å²) in [7, 11) is 0. The molecule has 2 fully saturated rings. The molecule has 0 radical (unpaired) electrons. The second-order valence-electron chi connectivity index (χ2n) is 9.39. The van der Waals surface area contributed by atoms with Crippen molar-refractivity contribution in [3.63, 3.8) is 0 Å². The van der Waals surface area contributed by atoms with Crippen molar-refractivity contribution >= 4 is 0 Å². The van der Waals surface area contributed by atoms with Crippen LogP contribution < -0.4 is 0 Å². The van der Waals surface area contributed by atoms with E-state index in [-0.39, 0.29) is 0 Å². The third-order valence-corrected chi connectivity index (χ3v) is 5.07. The lowest BCUT2D eigenvalue weighted by atomic mass is 9.91. The molecular formula is C18H37N3. The molecule has 124 valence electrons. The zero-order valence-electron chi connectivity index (χ0n) is 15.3. The molecule has 0 spiro atoms. The van der Waals surface area contributed by atoms with E-state index < -0.39 is 0 Å². The van der Waals surface area contributed by atoms with Gasteiger partial charge >= 0.3 is 0 Å². The van der Waals surface area contributed by atoms with Gasteiger partial charge < -0.3 is 9.80 Å². The summed E-state index contributed by atoms with van der Waals surface area (Å²) in [6.07, 6.45) is 1.32. The molecule has 3 heteroatoms. The molecule has 21 heavy (non-hydrogen) atoms. The van der Waals surface area contributed by atoms with Crippen molar-refractivity contribution in [2.24, 2.45) is 11.3 Å². The summed E-state index contributed by atoms with van der Waals surface area (Å²) in [4.78, 5) is 7.96. The Labute approximate surface area is 132 Å². The maximum Gasteiger partial charge on any atom is 0.0125 e. The van der Waals surface area contributed by atoms with Gasteiger partial charge in [0.15, 0.2) is 0 Å². The van der Waals surface area contributed by atoms with E-state index in [1.807, 2.05) is 0 Å². The summed E-state index contributed by atoms with van der Waals surface area (Å²) in [6, 6.07) is 0. The van der Waals surface area contributed by atoms with E-state index in [0.29, 0.717) is 11.0 Å². The first-order chi connectivity index (χ1) is 9.63. The summed E-state index contributed by atoms with van der Waals surface area (Å²) in [5.74, 6) is 0.908. The quantitative estimate of drug-likeness (QED) is 0.789. The number of rotatable bonds is 4. The van der Waals surface area contributed by atoms with Crippen LogP contribution in [0.3, 0.4) is 0 Å². The van der Waals surface area contributed by atoms with Crippen LogP contribution in [-0.4, -0.2) is 72.6 Å². The predicted molar refractivity (Wildman–Crippen MR) is 91.8 cm³/mol. The van der Waals surface area contributed by atoms with E-state index in [0.717, 1.165) is 5.92 Å². The van der Waals surface area contributed by atoms with Crippen LogP contribution in [0.15, 0.2) is 0 Å². The number of piperazine rings is 1. The van der Waals surface area contributed by atoms with Crippen molar-refractivity contribution in [3.8, 4) is 0 Å². The molecular weight excluding hydrogens is 258 g/mol. The summed E-state index contributed by atoms with van der Waals surface area (Å²) in [5.41, 5.74) is 0.835. The molecule has 2 rings (SSSR count). The maximum absolute atomic E-state index is 2.69. The molecule has 0 N–H and O–H groups in total. The zero-order valence-corrected chi connectivity index (χ0v) is 15.3. The molecule has 2 heterocycles. The van der Waals surface area contributed by atoms with Crippen molar-refractivity contribution in [2.45, 2.75) is 53.5 Å². The number of hydrogen-bond donors (Lipinski definition) is 0. The van der Waals surface area contributed by atoms with Crippen LogP contribution in [-0.2, 0) is 0 Å². The van der Waals surface area contributed by atoms with E-state index >= 15 is 0 Å². The molecule has 0 aromatic rings. The van der Waals surface area contributed by atoms with Gasteiger partial charge in [-0.2, -0.15) is 0 Å². The van der Waals surface area contributed by atoms with Crippen LogP contribution in [0.4, 0.5) is 0 Å². The highest BCUT2D eigenvalue weighted by Crippen LogP contribution is 2.26. The first-order valence-corrected chi connectivity index (χ1v) is 8.83. The predicted octanol–water partition coefficient (Wildman–Crippen LogP) is 2.77. The fourth-order valence-corrected chi connectivity index (χ4v) is 3.29. The van der Waals surface area contributed by atoms with Crippen LogP contribution in [0.25, 0.3) is 0 Å². The van der Waals surface area contributed by atoms with Gasteiger partial charge in [-0.05, 0) is 45.1 Å². The van der Waals surface area contributed by atoms with Crippen LogP contribution in [0, 0.1) is 11.3 Å². The van der Waals surface area contributed by atoms with E-state index in [2.05, 4.69) is 56.2 Å². The van der Waals surface area contributed by atoms with Gasteiger partial charge in [-0.1, -0.05) is 20.8 Å². The third kappa shape index (κ3) is 5.54. The van der Waals surface area contributed by atoms with Crippen molar-refractivity contribution < 1.29 is 0 Å². The Morgan fingerprint density at radius 2 is 1.33 bits per heavy atom. The van der Waals surface area contributed by atoms with Gasteiger partial charge in [0.2, 0.25) is 0 Å². The number of hydrogen-bond acceptors (Lipinski definition) is 3. The van der Waals surface area contributed by atoms with E-state index in [9.17, 15) is 0 Å². The molecule has 3 nitrogen and oxygen atoms in total. The van der Waals surface area contributed by atoms with Gasteiger partial charge in [0, 0.05) is 51.4 Å². The molecule has 2 aliphatic heterocycles. The first kappa shape index (κ1) is 17.2. The van der Waals surface area contributed by atoms with Gasteiger partial charge in [-0.25, -0.2) is 0 Å². The molecule has 2 saturated heterocycles. The van der Waals surface area contributed by atoms with Gasteiger partial charge in [0.25, 0.3) is 0 Å². The fourth-order valence-electron chi connectivity index (χ4n) is 3.29. The van der Waals surface area contributed by atoms with Gasteiger partial charge in [0.1, 0.15) is 0 Å². The summed E-state index contributed by atoms with van der Waals surface area (Å²) >= 11 is 0. The minimum absolute atomic E-state index is 0.363. The molecule has 0 atom stereocenters. The second kappa shape index (κ2) is 6.55. The van der Waals surface area contributed by atoms with Gasteiger partial charge in [-0.3, -0.25) is 4.90 Å². The lowest BCUT2D eigenvalue weighted by Crippen LogP contribution is -2.59. The Kier molecular flexibility index (Phi) is 5.38. The topological polar surface area (TPSA) is 9.72 Å². The summed E-state index contributed by atoms with van der Waals surface area (Å²) in [5, 5.41) is 0. The average molecular weight is 296 g/mol. The molecule has 0 aliphatic carbocycles. The van der Waals surface area contributed by atoms with Crippen molar-refractivity contribution in [1.82, 2.24) is 14.7 Å². The normalized spacial score (nSPS) is 24.3. The highest BCUT2D eigenvalue weighted by Gasteiger charge is 2.35. The van der Waals surface area contributed by atoms with Gasteiger partial charge in [-0.15, -0.1) is 0 Å². The van der Waals surface area contributed by atoms with Crippen LogP contribution in [0.1, 0.15) is 48.0 Å². The van der Waals surface area contributed by atoms with E-state index in [1.165, 1.54) is 58.8 Å². The van der Waals surface area contributed by atoms with Crippen molar-refractivity contribution in [1.29, 1.82) is 0 Å². The Balaban J connectivity index is 1.60. The third-order valence-electron chi connectivity index (χ3n) is 5.07. The summed E-state index contributed by atoms with van der Waals surface area (Å²) < 4.78 is 0. The molecule has 0 unspecified atom stereocenters. The molecule has 0 aromatic carbocycles. The number of likely N-dealkylation sites (tertiary alicyclic amines) is 1. The minimum atomic E-state index is 0.363. The van der Waals surface area contributed by atoms with Gasteiger partial charge in [0.05, 0.1) is 0 Å². The fraction of sp³-hybridized carbons (Fsp3) is 1.00. The summed E-state index contributed by atoms with van der Waals surface area (Å²) in [6.45, 7) is 24.3. The molecule has 0 aromatic heterocycles. The average Bonchev–Trinajstić information content (AvgIpc) is 2.29. The van der Waals surface area contributed by atoms with Crippen LogP contribution in [0.5, 0.6) is 0 Å². The molecule has 0 bridgehead atoms. The van der Waals surface area contributed by atoms with Crippen LogP contribution in [0.2, 0.25) is 0 Å². The highest BCUT2D eigenvalue weighted by atomic mass is 15.3. The van der Waals surface area contributed by atoms with Crippen molar-refractivity contribution in [3.05, 3.63) is 0 Å². The Hall–Kier alpha value is -0.120. The smallest absolute Gasteiger partial charge is 0.0125 e. The van der Waals surface area contributed by atoms with Crippen molar-refractivity contribution in [2.75, 3.05) is 52.4 Å². The first-order valence-electron chi connectivity index (χ1n) is 8.83. The molecule has 2 aliphatic rings. The van der Waals surface area contributed by atoms with Crippen LogP contribution >= 0.6 is 0 Å². The maximum atomic E-state index is 2.69. The number of nitrogens with zero attached hydrogens (tertiary/aromatic N) is 3. The Morgan fingerprint density at radius 3 is 1.81 bits per heavy atom. The largest absolute Gasteiger partial charge is 0.301 e. The molecule has 0 amide bonds.